The molecule has 17 heavy (non-hydrogen) atoms. The Morgan fingerprint density at radius 3 is 2.59 bits per heavy atom. The average molecular weight is 242 g/mol. The lowest BCUT2D eigenvalue weighted by Gasteiger charge is -2.32. The number of nitrogens with zero attached hydrogens (tertiary/aromatic N) is 1. The molecule has 0 aromatic heterocycles. The first-order valence-corrected chi connectivity index (χ1v) is 6.68. The standard InChI is InChI=1S/C13H26N2O2/c1-4-11-5-8-15(9-6-11)10-7-12(14-2)13(16)17-3/h11-12,14H,4-10H2,1-3H3. The van der Waals surface area contributed by atoms with Crippen LogP contribution in [0.4, 0.5) is 0 Å². The number of hydrogen-bond donors (Lipinski definition) is 1. The van der Waals surface area contributed by atoms with E-state index < -0.39 is 0 Å². The maximum absolute atomic E-state index is 11.4. The maximum atomic E-state index is 11.4. The minimum atomic E-state index is -0.163. The highest BCUT2D eigenvalue weighted by molar-refractivity contribution is 5.75. The van der Waals surface area contributed by atoms with Crippen LogP contribution in [0.2, 0.25) is 0 Å². The number of hydrogen-bond acceptors (Lipinski definition) is 4. The largest absolute Gasteiger partial charge is 0.468 e. The molecule has 0 aromatic rings. The van der Waals surface area contributed by atoms with Crippen LogP contribution < -0.4 is 5.32 Å². The van der Waals surface area contributed by atoms with Gasteiger partial charge in [-0.3, -0.25) is 4.79 Å². The number of rotatable bonds is 6. The lowest BCUT2D eigenvalue weighted by molar-refractivity contribution is -0.143. The number of carbonyl (C=O) groups is 1. The number of esters is 1. The molecule has 0 amide bonds. The number of carbonyl (C=O) groups excluding carboxylic acids is 1. The normalized spacial score (nSPS) is 20.2. The summed E-state index contributed by atoms with van der Waals surface area (Å²) in [6.07, 6.45) is 4.74. The monoisotopic (exact) mass is 242 g/mol. The number of nitrogens with one attached hydrogen (secondary N) is 1. The average Bonchev–Trinajstić information content (AvgIpc) is 2.39. The molecule has 1 unspecified atom stereocenters. The van der Waals surface area contributed by atoms with E-state index in [2.05, 4.69) is 17.1 Å². The fourth-order valence-corrected chi connectivity index (χ4v) is 2.45. The zero-order valence-electron chi connectivity index (χ0n) is 11.4. The van der Waals surface area contributed by atoms with Gasteiger partial charge in [-0.25, -0.2) is 0 Å². The van der Waals surface area contributed by atoms with Gasteiger partial charge in [0.2, 0.25) is 0 Å². The van der Waals surface area contributed by atoms with E-state index in [1.54, 1.807) is 0 Å². The van der Waals surface area contributed by atoms with Crippen LogP contribution in [0, 0.1) is 5.92 Å². The van der Waals surface area contributed by atoms with Crippen molar-refractivity contribution in [1.82, 2.24) is 10.2 Å². The highest BCUT2D eigenvalue weighted by atomic mass is 16.5. The van der Waals surface area contributed by atoms with Crippen molar-refractivity contribution in [3.05, 3.63) is 0 Å². The summed E-state index contributed by atoms with van der Waals surface area (Å²) in [5.41, 5.74) is 0. The van der Waals surface area contributed by atoms with Gasteiger partial charge >= 0.3 is 5.97 Å². The Balaban J connectivity index is 2.24. The summed E-state index contributed by atoms with van der Waals surface area (Å²) in [5.74, 6) is 0.753. The van der Waals surface area contributed by atoms with E-state index >= 15 is 0 Å². The molecule has 1 aliphatic rings. The highest BCUT2D eigenvalue weighted by Gasteiger charge is 2.21. The Labute approximate surface area is 105 Å². The Hall–Kier alpha value is -0.610. The second-order valence-corrected chi connectivity index (χ2v) is 4.85. The van der Waals surface area contributed by atoms with Crippen molar-refractivity contribution in [2.24, 2.45) is 5.92 Å². The molecule has 0 spiro atoms. The quantitative estimate of drug-likeness (QED) is 0.712. The Morgan fingerprint density at radius 2 is 2.12 bits per heavy atom. The van der Waals surface area contributed by atoms with Crippen LogP contribution >= 0.6 is 0 Å². The van der Waals surface area contributed by atoms with Crippen molar-refractivity contribution in [3.63, 3.8) is 0 Å². The SMILES string of the molecule is CCC1CCN(CCC(NC)C(=O)OC)CC1. The summed E-state index contributed by atoms with van der Waals surface area (Å²) in [7, 11) is 3.25. The lowest BCUT2D eigenvalue weighted by atomic mass is 9.94. The minimum Gasteiger partial charge on any atom is -0.468 e. The van der Waals surface area contributed by atoms with Crippen LogP contribution in [0.3, 0.4) is 0 Å². The van der Waals surface area contributed by atoms with Gasteiger partial charge in [-0.05, 0) is 45.3 Å². The van der Waals surface area contributed by atoms with E-state index in [1.165, 1.54) is 39.5 Å². The topological polar surface area (TPSA) is 41.6 Å². The van der Waals surface area contributed by atoms with Crippen molar-refractivity contribution in [3.8, 4) is 0 Å². The summed E-state index contributed by atoms with van der Waals surface area (Å²) < 4.78 is 4.76. The summed E-state index contributed by atoms with van der Waals surface area (Å²) in [6.45, 7) is 5.61. The molecule has 100 valence electrons. The van der Waals surface area contributed by atoms with Crippen molar-refractivity contribution in [1.29, 1.82) is 0 Å². The van der Waals surface area contributed by atoms with E-state index in [9.17, 15) is 4.79 Å². The molecular weight excluding hydrogens is 216 g/mol. The highest BCUT2D eigenvalue weighted by Crippen LogP contribution is 2.19. The molecule has 0 saturated carbocycles. The van der Waals surface area contributed by atoms with Gasteiger partial charge in [0.15, 0.2) is 0 Å². The molecular formula is C13H26N2O2. The van der Waals surface area contributed by atoms with Gasteiger partial charge in [0, 0.05) is 6.54 Å². The van der Waals surface area contributed by atoms with Crippen molar-refractivity contribution < 1.29 is 9.53 Å². The second-order valence-electron chi connectivity index (χ2n) is 4.85. The van der Waals surface area contributed by atoms with Gasteiger partial charge in [-0.15, -0.1) is 0 Å². The molecule has 0 aromatic carbocycles. The predicted molar refractivity (Wildman–Crippen MR) is 68.9 cm³/mol. The Kier molecular flexibility index (Phi) is 6.52. The third-order valence-electron chi connectivity index (χ3n) is 3.85. The Morgan fingerprint density at radius 1 is 1.47 bits per heavy atom. The zero-order valence-corrected chi connectivity index (χ0v) is 11.4. The smallest absolute Gasteiger partial charge is 0.322 e. The summed E-state index contributed by atoms with van der Waals surface area (Å²) in [5, 5.41) is 3.01. The Bertz CT molecular complexity index is 225. The van der Waals surface area contributed by atoms with Gasteiger partial charge in [0.05, 0.1) is 7.11 Å². The summed E-state index contributed by atoms with van der Waals surface area (Å²) in [4.78, 5) is 13.9. The molecule has 1 heterocycles. The maximum Gasteiger partial charge on any atom is 0.322 e. The van der Waals surface area contributed by atoms with E-state index in [0.29, 0.717) is 0 Å². The molecule has 0 bridgehead atoms. The van der Waals surface area contributed by atoms with Crippen LogP contribution in [0.1, 0.15) is 32.6 Å². The molecule has 1 aliphatic heterocycles. The van der Waals surface area contributed by atoms with Crippen LogP contribution in [0.15, 0.2) is 0 Å². The molecule has 1 fully saturated rings. The fraction of sp³-hybridized carbons (Fsp3) is 0.923. The van der Waals surface area contributed by atoms with Gasteiger partial charge in [0.1, 0.15) is 6.04 Å². The number of likely N-dealkylation sites (N-methyl/N-ethyl adjacent to an activating group) is 1. The molecule has 1 saturated heterocycles. The molecule has 4 nitrogen and oxygen atoms in total. The van der Waals surface area contributed by atoms with Gasteiger partial charge in [-0.1, -0.05) is 13.3 Å². The molecule has 0 radical (unpaired) electrons. The molecule has 1 rings (SSSR count). The number of likely N-dealkylation sites (tertiary alicyclic amines) is 1. The van der Waals surface area contributed by atoms with Crippen molar-refractivity contribution in [2.75, 3.05) is 33.8 Å². The molecule has 1 N–H and O–H groups in total. The van der Waals surface area contributed by atoms with Crippen molar-refractivity contribution in [2.45, 2.75) is 38.6 Å². The number of methoxy groups -OCH3 is 1. The third kappa shape index (κ3) is 4.64. The third-order valence-corrected chi connectivity index (χ3v) is 3.85. The van der Waals surface area contributed by atoms with Crippen LogP contribution in [-0.4, -0.2) is 50.7 Å². The van der Waals surface area contributed by atoms with E-state index in [-0.39, 0.29) is 12.0 Å². The molecule has 4 heteroatoms. The van der Waals surface area contributed by atoms with Gasteiger partial charge in [0.25, 0.3) is 0 Å². The van der Waals surface area contributed by atoms with Gasteiger partial charge < -0.3 is 15.0 Å². The van der Waals surface area contributed by atoms with E-state index in [4.69, 9.17) is 4.74 Å². The van der Waals surface area contributed by atoms with E-state index in [1.807, 2.05) is 7.05 Å². The lowest BCUT2D eigenvalue weighted by Crippen LogP contribution is -2.41. The summed E-state index contributed by atoms with van der Waals surface area (Å²) in [6, 6.07) is -0.163. The number of piperidine rings is 1. The number of ether oxygens (including phenoxy) is 1. The first-order valence-electron chi connectivity index (χ1n) is 6.68. The van der Waals surface area contributed by atoms with Crippen LogP contribution in [0.25, 0.3) is 0 Å². The fourth-order valence-electron chi connectivity index (χ4n) is 2.45. The van der Waals surface area contributed by atoms with Crippen LogP contribution in [-0.2, 0) is 9.53 Å². The predicted octanol–water partition coefficient (Wildman–Crippen LogP) is 1.26. The summed E-state index contributed by atoms with van der Waals surface area (Å²) >= 11 is 0. The minimum absolute atomic E-state index is 0.157. The first-order chi connectivity index (χ1) is 8.21. The molecule has 0 aliphatic carbocycles. The van der Waals surface area contributed by atoms with Crippen molar-refractivity contribution >= 4 is 5.97 Å². The van der Waals surface area contributed by atoms with E-state index in [0.717, 1.165) is 18.9 Å². The van der Waals surface area contributed by atoms with Gasteiger partial charge in [-0.2, -0.15) is 0 Å². The zero-order chi connectivity index (χ0) is 12.7. The second kappa shape index (κ2) is 7.67. The first kappa shape index (κ1) is 14.5. The molecule has 1 atom stereocenters. The van der Waals surface area contributed by atoms with Crippen LogP contribution in [0.5, 0.6) is 0 Å².